The van der Waals surface area contributed by atoms with E-state index in [1.807, 2.05) is 32.0 Å². The molecule has 3 N–H and O–H groups in total. The summed E-state index contributed by atoms with van der Waals surface area (Å²) in [6.45, 7) is 9.98. The van der Waals surface area contributed by atoms with E-state index in [1.54, 1.807) is 52.1 Å². The van der Waals surface area contributed by atoms with Gasteiger partial charge in [-0.25, -0.2) is 4.79 Å². The minimum Gasteiger partial charge on any atom is -0.497 e. The first-order valence-corrected chi connectivity index (χ1v) is 11.8. The molecule has 36 heavy (non-hydrogen) atoms. The molecular formula is C27H37N3O6. The van der Waals surface area contributed by atoms with Crippen molar-refractivity contribution in [3.05, 3.63) is 59.2 Å². The van der Waals surface area contributed by atoms with Crippen molar-refractivity contribution < 1.29 is 29.0 Å². The molecule has 2 atom stereocenters. The summed E-state index contributed by atoms with van der Waals surface area (Å²) in [5, 5.41) is 15.2. The molecule has 9 nitrogen and oxygen atoms in total. The molecule has 0 saturated heterocycles. The molecule has 3 amide bonds. The van der Waals surface area contributed by atoms with Crippen molar-refractivity contribution in [1.82, 2.24) is 10.2 Å². The Morgan fingerprint density at radius 1 is 1.03 bits per heavy atom. The van der Waals surface area contributed by atoms with Crippen molar-refractivity contribution in [1.29, 1.82) is 0 Å². The van der Waals surface area contributed by atoms with Crippen LogP contribution >= 0.6 is 0 Å². The lowest BCUT2D eigenvalue weighted by Crippen LogP contribution is -2.52. The lowest BCUT2D eigenvalue weighted by Gasteiger charge is -2.33. The topological polar surface area (TPSA) is 117 Å². The second kappa shape index (κ2) is 12.4. The summed E-state index contributed by atoms with van der Waals surface area (Å²) in [4.78, 5) is 40.7. The van der Waals surface area contributed by atoms with Gasteiger partial charge in [0.1, 0.15) is 23.4 Å². The monoisotopic (exact) mass is 499 g/mol. The van der Waals surface area contributed by atoms with E-state index < -0.39 is 35.6 Å². The van der Waals surface area contributed by atoms with Crippen LogP contribution in [0.1, 0.15) is 50.4 Å². The standard InChI is InChI=1S/C27H37N3O6/c1-17-14-18(2)16-20(15-17)23(24(32)29-21-8-10-22(35-7)11-9-21)30(12-13-31)25(33)19(3)28-26(34)36-27(4,5)6/h8-11,14-16,19,23,31H,12-13H2,1-7H3,(H,28,34)(H,29,32). The lowest BCUT2D eigenvalue weighted by atomic mass is 9.98. The van der Waals surface area contributed by atoms with Gasteiger partial charge in [-0.2, -0.15) is 0 Å². The molecule has 0 spiro atoms. The number of hydrogen-bond acceptors (Lipinski definition) is 6. The molecule has 2 unspecified atom stereocenters. The molecule has 9 heteroatoms. The average molecular weight is 500 g/mol. The van der Waals surface area contributed by atoms with Gasteiger partial charge in [0, 0.05) is 12.2 Å². The third-order valence-electron chi connectivity index (χ3n) is 5.20. The van der Waals surface area contributed by atoms with E-state index in [1.165, 1.54) is 11.8 Å². The molecule has 2 aromatic rings. The van der Waals surface area contributed by atoms with Crippen molar-refractivity contribution in [2.75, 3.05) is 25.6 Å². The van der Waals surface area contributed by atoms with Crippen molar-refractivity contribution in [3.63, 3.8) is 0 Å². The van der Waals surface area contributed by atoms with Crippen LogP contribution in [0.15, 0.2) is 42.5 Å². The van der Waals surface area contributed by atoms with Crippen molar-refractivity contribution in [3.8, 4) is 5.75 Å². The SMILES string of the molecule is COc1ccc(NC(=O)C(c2cc(C)cc(C)c2)N(CCO)C(=O)C(C)NC(=O)OC(C)(C)C)cc1. The number of anilines is 1. The molecule has 0 heterocycles. The number of hydrogen-bond donors (Lipinski definition) is 3. The van der Waals surface area contributed by atoms with Crippen LogP contribution in [0, 0.1) is 13.8 Å². The smallest absolute Gasteiger partial charge is 0.408 e. The number of rotatable bonds is 9. The normalized spacial score (nSPS) is 12.8. The predicted octanol–water partition coefficient (Wildman–Crippen LogP) is 3.73. The van der Waals surface area contributed by atoms with Crippen LogP contribution < -0.4 is 15.4 Å². The predicted molar refractivity (Wildman–Crippen MR) is 138 cm³/mol. The third-order valence-corrected chi connectivity index (χ3v) is 5.20. The first kappa shape index (κ1) is 28.6. The summed E-state index contributed by atoms with van der Waals surface area (Å²) >= 11 is 0. The van der Waals surface area contributed by atoms with Gasteiger partial charge in [-0.1, -0.05) is 29.3 Å². The highest BCUT2D eigenvalue weighted by Crippen LogP contribution is 2.26. The maximum atomic E-state index is 13.6. The third kappa shape index (κ3) is 8.27. The van der Waals surface area contributed by atoms with Crippen LogP contribution in [0.4, 0.5) is 10.5 Å². The molecule has 196 valence electrons. The summed E-state index contributed by atoms with van der Waals surface area (Å²) in [5.74, 6) is -0.363. The Balaban J connectivity index is 2.42. The van der Waals surface area contributed by atoms with Crippen molar-refractivity contribution in [2.45, 2.75) is 59.2 Å². The van der Waals surface area contributed by atoms with Gasteiger partial charge in [0.15, 0.2) is 0 Å². The Kier molecular flexibility index (Phi) is 9.86. The summed E-state index contributed by atoms with van der Waals surface area (Å²) in [6.07, 6.45) is -0.752. The molecule has 0 fully saturated rings. The van der Waals surface area contributed by atoms with Gasteiger partial charge < -0.3 is 30.1 Å². The van der Waals surface area contributed by atoms with Crippen LogP contribution in [0.5, 0.6) is 5.75 Å². The molecule has 0 aliphatic rings. The Labute approximate surface area is 212 Å². The highest BCUT2D eigenvalue weighted by molar-refractivity contribution is 5.99. The number of carbonyl (C=O) groups is 3. The number of aryl methyl sites for hydroxylation is 2. The van der Waals surface area contributed by atoms with Crippen molar-refractivity contribution >= 4 is 23.6 Å². The second-order valence-corrected chi connectivity index (χ2v) is 9.66. The molecule has 0 aliphatic carbocycles. The fourth-order valence-corrected chi connectivity index (χ4v) is 3.79. The van der Waals surface area contributed by atoms with Crippen LogP contribution in [0.25, 0.3) is 0 Å². The molecule has 0 aromatic heterocycles. The fraction of sp³-hybridized carbons (Fsp3) is 0.444. The van der Waals surface area contributed by atoms with E-state index in [2.05, 4.69) is 10.6 Å². The van der Waals surface area contributed by atoms with Gasteiger partial charge in [-0.15, -0.1) is 0 Å². The molecule has 0 saturated carbocycles. The number of nitrogens with zero attached hydrogens (tertiary/aromatic N) is 1. The van der Waals surface area contributed by atoms with E-state index in [4.69, 9.17) is 9.47 Å². The molecule has 0 bridgehead atoms. The summed E-state index contributed by atoms with van der Waals surface area (Å²) in [7, 11) is 1.55. The minimum atomic E-state index is -1.06. The van der Waals surface area contributed by atoms with E-state index in [0.717, 1.165) is 11.1 Å². The Morgan fingerprint density at radius 2 is 1.61 bits per heavy atom. The minimum absolute atomic E-state index is 0.118. The quantitative estimate of drug-likeness (QED) is 0.484. The van der Waals surface area contributed by atoms with Gasteiger partial charge in [0.05, 0.1) is 13.7 Å². The van der Waals surface area contributed by atoms with Gasteiger partial charge in [0.2, 0.25) is 5.91 Å². The number of benzene rings is 2. The van der Waals surface area contributed by atoms with E-state index in [0.29, 0.717) is 17.0 Å². The number of methoxy groups -OCH3 is 1. The highest BCUT2D eigenvalue weighted by atomic mass is 16.6. The maximum absolute atomic E-state index is 13.6. The lowest BCUT2D eigenvalue weighted by molar-refractivity contribution is -0.141. The number of aliphatic hydroxyl groups excluding tert-OH is 1. The number of ether oxygens (including phenoxy) is 2. The first-order valence-electron chi connectivity index (χ1n) is 11.8. The average Bonchev–Trinajstić information content (AvgIpc) is 2.76. The van der Waals surface area contributed by atoms with Gasteiger partial charge in [-0.05, 0) is 71.4 Å². The van der Waals surface area contributed by atoms with Crippen LogP contribution in [0.3, 0.4) is 0 Å². The Morgan fingerprint density at radius 3 is 2.11 bits per heavy atom. The van der Waals surface area contributed by atoms with Crippen molar-refractivity contribution in [2.24, 2.45) is 0 Å². The number of nitrogens with one attached hydrogen (secondary N) is 2. The Hall–Kier alpha value is -3.59. The zero-order valence-electron chi connectivity index (χ0n) is 22.0. The van der Waals surface area contributed by atoms with E-state index in [-0.39, 0.29) is 13.2 Å². The number of alkyl carbamates (subject to hydrolysis) is 1. The van der Waals surface area contributed by atoms with Crippen LogP contribution in [0.2, 0.25) is 0 Å². The van der Waals surface area contributed by atoms with Gasteiger partial charge >= 0.3 is 6.09 Å². The zero-order chi connectivity index (χ0) is 27.0. The molecule has 2 aromatic carbocycles. The summed E-state index contributed by atoms with van der Waals surface area (Å²) in [6, 6.07) is 10.4. The summed E-state index contributed by atoms with van der Waals surface area (Å²) in [5.41, 5.74) is 2.21. The number of carbonyl (C=O) groups excluding carboxylic acids is 3. The number of aliphatic hydroxyl groups is 1. The van der Waals surface area contributed by atoms with Crippen LogP contribution in [-0.4, -0.2) is 59.8 Å². The fourth-order valence-electron chi connectivity index (χ4n) is 3.79. The Bertz CT molecular complexity index is 1040. The number of amides is 3. The zero-order valence-corrected chi connectivity index (χ0v) is 22.0. The van der Waals surface area contributed by atoms with E-state index >= 15 is 0 Å². The molecule has 0 aliphatic heterocycles. The first-order chi connectivity index (χ1) is 16.8. The van der Waals surface area contributed by atoms with Gasteiger partial charge in [-0.3, -0.25) is 9.59 Å². The highest BCUT2D eigenvalue weighted by Gasteiger charge is 2.34. The molecule has 2 rings (SSSR count). The maximum Gasteiger partial charge on any atom is 0.408 e. The largest absolute Gasteiger partial charge is 0.497 e. The molecular weight excluding hydrogens is 462 g/mol. The molecule has 0 radical (unpaired) electrons. The second-order valence-electron chi connectivity index (χ2n) is 9.66. The summed E-state index contributed by atoms with van der Waals surface area (Å²) < 4.78 is 10.4. The van der Waals surface area contributed by atoms with E-state index in [9.17, 15) is 19.5 Å². The van der Waals surface area contributed by atoms with Gasteiger partial charge in [0.25, 0.3) is 5.91 Å². The van der Waals surface area contributed by atoms with Crippen LogP contribution in [-0.2, 0) is 14.3 Å².